The van der Waals surface area contributed by atoms with Gasteiger partial charge in [0.05, 0.1) is 12.1 Å². The molecule has 2 saturated heterocycles. The summed E-state index contributed by atoms with van der Waals surface area (Å²) in [5.74, 6) is -0.402. The smallest absolute Gasteiger partial charge is 0.317 e. The maximum absolute atomic E-state index is 13.6. The topological polar surface area (TPSA) is 55.9 Å². The quantitative estimate of drug-likeness (QED) is 0.834. The van der Waals surface area contributed by atoms with Crippen molar-refractivity contribution in [3.63, 3.8) is 0 Å². The predicted octanol–water partition coefficient (Wildman–Crippen LogP) is 2.06. The number of likely N-dealkylation sites (tertiary alicyclic amines) is 1. The number of hydrogen-bond acceptors (Lipinski definition) is 3. The van der Waals surface area contributed by atoms with Gasteiger partial charge in [-0.25, -0.2) is 9.18 Å². The molecule has 0 aliphatic carbocycles. The Balaban J connectivity index is 1.72. The van der Waals surface area contributed by atoms with Crippen LogP contribution >= 0.6 is 0 Å². The Morgan fingerprint density at radius 1 is 1.35 bits per heavy atom. The van der Waals surface area contributed by atoms with E-state index in [1.165, 1.54) is 12.1 Å². The van der Waals surface area contributed by atoms with Crippen LogP contribution in [-0.2, 0) is 4.79 Å². The number of carbonyl (C=O) groups excluding carboxylic acids is 2. The van der Waals surface area contributed by atoms with Gasteiger partial charge in [0.2, 0.25) is 5.91 Å². The van der Waals surface area contributed by atoms with Crippen LogP contribution in [0.1, 0.15) is 26.2 Å². The number of carbonyl (C=O) groups is 2. The van der Waals surface area contributed by atoms with Crippen molar-refractivity contribution in [3.05, 3.63) is 30.1 Å². The van der Waals surface area contributed by atoms with Crippen LogP contribution in [0.4, 0.5) is 14.9 Å². The molecule has 2 heterocycles. The first-order valence-corrected chi connectivity index (χ1v) is 9.25. The van der Waals surface area contributed by atoms with E-state index < -0.39 is 0 Å². The molecule has 2 aliphatic heterocycles. The van der Waals surface area contributed by atoms with Crippen LogP contribution in [0.25, 0.3) is 0 Å². The average molecular weight is 362 g/mol. The summed E-state index contributed by atoms with van der Waals surface area (Å²) in [6, 6.07) is 6.09. The minimum Gasteiger partial charge on any atom is -0.338 e. The van der Waals surface area contributed by atoms with E-state index in [0.29, 0.717) is 31.9 Å². The Kier molecular flexibility index (Phi) is 5.46. The molecule has 0 aromatic heterocycles. The second-order valence-corrected chi connectivity index (χ2v) is 7.30. The van der Waals surface area contributed by atoms with Crippen LogP contribution < -0.4 is 10.2 Å². The highest BCUT2D eigenvalue weighted by molar-refractivity contribution is 5.96. The first-order chi connectivity index (χ1) is 12.4. The first kappa shape index (κ1) is 18.6. The molecule has 6 nitrogen and oxygen atoms in total. The summed E-state index contributed by atoms with van der Waals surface area (Å²) < 4.78 is 13.6. The van der Waals surface area contributed by atoms with Gasteiger partial charge in [-0.1, -0.05) is 19.4 Å². The van der Waals surface area contributed by atoms with Crippen LogP contribution in [0.5, 0.6) is 0 Å². The van der Waals surface area contributed by atoms with Crippen LogP contribution in [-0.4, -0.2) is 67.0 Å². The highest BCUT2D eigenvalue weighted by atomic mass is 19.1. The lowest BCUT2D eigenvalue weighted by Crippen LogP contribution is -2.64. The van der Waals surface area contributed by atoms with Crippen LogP contribution in [0.3, 0.4) is 0 Å². The van der Waals surface area contributed by atoms with Gasteiger partial charge in [-0.05, 0) is 38.1 Å². The van der Waals surface area contributed by atoms with Crippen LogP contribution in [0.2, 0.25) is 0 Å². The average Bonchev–Trinajstić information content (AvgIpc) is 3.04. The number of piperazine rings is 1. The molecule has 1 atom stereocenters. The number of halogens is 1. The third-order valence-electron chi connectivity index (χ3n) is 5.48. The zero-order chi connectivity index (χ0) is 18.7. The fraction of sp³-hybridized carbons (Fsp3) is 0.579. The molecule has 2 fully saturated rings. The molecule has 3 amide bonds. The van der Waals surface area contributed by atoms with Crippen molar-refractivity contribution in [3.8, 4) is 0 Å². The standard InChI is InChI=1S/C19H27FN4O2/c1-3-4-9-21-18(26)23-10-8-19(13-23)14-24(17(25)12-22(19)2)16-7-5-6-15(20)11-16/h5-7,11H,3-4,8-10,12-14H2,1-2H3,(H,21,26)/t19-/m1/s1. The van der Waals surface area contributed by atoms with Gasteiger partial charge >= 0.3 is 6.03 Å². The molecule has 0 unspecified atom stereocenters. The lowest BCUT2D eigenvalue weighted by molar-refractivity contribution is -0.123. The number of nitrogens with one attached hydrogen (secondary N) is 1. The monoisotopic (exact) mass is 362 g/mol. The summed E-state index contributed by atoms with van der Waals surface area (Å²) in [4.78, 5) is 30.4. The summed E-state index contributed by atoms with van der Waals surface area (Å²) in [5.41, 5.74) is 0.288. The highest BCUT2D eigenvalue weighted by Gasteiger charge is 2.48. The Hall–Kier alpha value is -2.15. The molecule has 3 rings (SSSR count). The number of hydrogen-bond donors (Lipinski definition) is 1. The molecule has 1 aromatic rings. The number of benzene rings is 1. The second-order valence-electron chi connectivity index (χ2n) is 7.30. The minimum atomic E-state index is -0.355. The van der Waals surface area contributed by atoms with Gasteiger partial charge in [-0.15, -0.1) is 0 Å². The maximum atomic E-state index is 13.6. The molecule has 0 bridgehead atoms. The molecule has 7 heteroatoms. The van der Waals surface area contributed by atoms with E-state index in [1.54, 1.807) is 17.0 Å². The zero-order valence-corrected chi connectivity index (χ0v) is 15.5. The third-order valence-corrected chi connectivity index (χ3v) is 5.48. The minimum absolute atomic E-state index is 0.0436. The van der Waals surface area contributed by atoms with E-state index in [2.05, 4.69) is 12.2 Å². The number of likely N-dealkylation sites (N-methyl/N-ethyl adjacent to an activating group) is 1. The SMILES string of the molecule is CCCCNC(=O)N1CC[C@@]2(C1)CN(c1cccc(F)c1)C(=O)CN2C. The van der Waals surface area contributed by atoms with Gasteiger partial charge in [-0.3, -0.25) is 9.69 Å². The van der Waals surface area contributed by atoms with Crippen molar-refractivity contribution in [2.75, 3.05) is 44.7 Å². The van der Waals surface area contributed by atoms with Crippen molar-refractivity contribution in [2.24, 2.45) is 0 Å². The maximum Gasteiger partial charge on any atom is 0.317 e. The number of unbranched alkanes of at least 4 members (excludes halogenated alkanes) is 1. The van der Waals surface area contributed by atoms with E-state index in [4.69, 9.17) is 0 Å². The molecule has 2 aliphatic rings. The van der Waals surface area contributed by atoms with Gasteiger partial charge in [0.1, 0.15) is 5.82 Å². The Morgan fingerprint density at radius 2 is 2.15 bits per heavy atom. The normalized spacial score (nSPS) is 23.7. The van der Waals surface area contributed by atoms with Crippen LogP contribution in [0.15, 0.2) is 24.3 Å². The Bertz CT molecular complexity index is 683. The molecular weight excluding hydrogens is 335 g/mol. The van der Waals surface area contributed by atoms with E-state index in [-0.39, 0.29) is 29.8 Å². The van der Waals surface area contributed by atoms with Crippen molar-refractivity contribution in [2.45, 2.75) is 31.7 Å². The van der Waals surface area contributed by atoms with Crippen molar-refractivity contribution in [1.29, 1.82) is 0 Å². The molecular formula is C19H27FN4O2. The van der Waals surface area contributed by atoms with E-state index in [0.717, 1.165) is 19.3 Å². The molecule has 142 valence electrons. The zero-order valence-electron chi connectivity index (χ0n) is 15.5. The summed E-state index contributed by atoms with van der Waals surface area (Å²) in [7, 11) is 1.93. The highest BCUT2D eigenvalue weighted by Crippen LogP contribution is 2.33. The van der Waals surface area contributed by atoms with E-state index >= 15 is 0 Å². The lowest BCUT2D eigenvalue weighted by atomic mass is 9.92. The number of rotatable bonds is 4. The Labute approximate surface area is 153 Å². The van der Waals surface area contributed by atoms with Gasteiger partial charge < -0.3 is 15.1 Å². The van der Waals surface area contributed by atoms with E-state index in [9.17, 15) is 14.0 Å². The summed E-state index contributed by atoms with van der Waals surface area (Å²) in [6.07, 6.45) is 2.80. The van der Waals surface area contributed by atoms with E-state index in [1.807, 2.05) is 16.8 Å². The number of nitrogens with zero attached hydrogens (tertiary/aromatic N) is 3. The molecule has 0 saturated carbocycles. The van der Waals surface area contributed by atoms with Crippen LogP contribution in [0, 0.1) is 5.82 Å². The molecule has 26 heavy (non-hydrogen) atoms. The summed E-state index contributed by atoms with van der Waals surface area (Å²) in [5, 5.41) is 2.96. The molecule has 1 aromatic carbocycles. The van der Waals surface area contributed by atoms with Gasteiger partial charge in [0.15, 0.2) is 0 Å². The lowest BCUT2D eigenvalue weighted by Gasteiger charge is -2.46. The number of urea groups is 1. The van der Waals surface area contributed by atoms with Crippen molar-refractivity contribution >= 4 is 17.6 Å². The summed E-state index contributed by atoms with van der Waals surface area (Å²) >= 11 is 0. The van der Waals surface area contributed by atoms with Gasteiger partial charge in [0.25, 0.3) is 0 Å². The second kappa shape index (κ2) is 7.61. The fourth-order valence-corrected chi connectivity index (χ4v) is 3.79. The molecule has 1 spiro atoms. The summed E-state index contributed by atoms with van der Waals surface area (Å²) in [6.45, 7) is 4.73. The number of anilines is 1. The van der Waals surface area contributed by atoms with Gasteiger partial charge in [-0.2, -0.15) is 0 Å². The third kappa shape index (κ3) is 3.67. The Morgan fingerprint density at radius 3 is 2.88 bits per heavy atom. The first-order valence-electron chi connectivity index (χ1n) is 9.25. The fourth-order valence-electron chi connectivity index (χ4n) is 3.79. The largest absolute Gasteiger partial charge is 0.338 e. The molecule has 0 radical (unpaired) electrons. The van der Waals surface area contributed by atoms with Crippen molar-refractivity contribution < 1.29 is 14.0 Å². The molecule has 1 N–H and O–H groups in total. The van der Waals surface area contributed by atoms with Gasteiger partial charge in [0, 0.05) is 31.9 Å². The van der Waals surface area contributed by atoms with Crippen molar-refractivity contribution in [1.82, 2.24) is 15.1 Å². The predicted molar refractivity (Wildman–Crippen MR) is 98.6 cm³/mol. The number of amides is 3.